The van der Waals surface area contributed by atoms with Crippen LogP contribution >= 0.6 is 0 Å². The van der Waals surface area contributed by atoms with Gasteiger partial charge in [0.05, 0.1) is 32.2 Å². The first kappa shape index (κ1) is 13.9. The van der Waals surface area contributed by atoms with E-state index in [1.165, 1.54) is 0 Å². The lowest BCUT2D eigenvalue weighted by molar-refractivity contribution is -0.145. The van der Waals surface area contributed by atoms with Gasteiger partial charge in [0.1, 0.15) is 0 Å². The number of morpholine rings is 1. The van der Waals surface area contributed by atoms with E-state index >= 15 is 0 Å². The predicted molar refractivity (Wildman–Crippen MR) is 61.7 cm³/mol. The number of carbonyl (C=O) groups is 2. The van der Waals surface area contributed by atoms with Crippen molar-refractivity contribution >= 4 is 11.9 Å². The highest BCUT2D eigenvalue weighted by Crippen LogP contribution is 2.10. The maximum Gasteiger partial charge on any atom is 0.305 e. The molecular weight excluding hydrogens is 224 g/mol. The second kappa shape index (κ2) is 7.24. The molecule has 0 bridgehead atoms. The third kappa shape index (κ3) is 4.70. The largest absolute Gasteiger partial charge is 0.481 e. The maximum absolute atomic E-state index is 11.9. The summed E-state index contributed by atoms with van der Waals surface area (Å²) in [5.41, 5.74) is 0. The Hall–Kier alpha value is -1.14. The molecule has 0 aromatic heterocycles. The Bertz CT molecular complexity index is 270. The van der Waals surface area contributed by atoms with Crippen molar-refractivity contribution in [2.45, 2.75) is 25.8 Å². The zero-order valence-corrected chi connectivity index (χ0v) is 10.1. The minimum atomic E-state index is -0.903. The van der Waals surface area contributed by atoms with Crippen LogP contribution in [0.1, 0.15) is 19.8 Å². The van der Waals surface area contributed by atoms with Crippen LogP contribution in [-0.4, -0.2) is 60.8 Å². The summed E-state index contributed by atoms with van der Waals surface area (Å²) < 4.78 is 5.21. The van der Waals surface area contributed by atoms with Gasteiger partial charge >= 0.3 is 5.97 Å². The highest BCUT2D eigenvalue weighted by atomic mass is 16.5. The van der Waals surface area contributed by atoms with E-state index in [0.717, 1.165) is 13.0 Å². The molecule has 1 aliphatic heterocycles. The molecule has 1 amide bonds. The molecule has 17 heavy (non-hydrogen) atoms. The number of nitrogens with one attached hydrogen (secondary N) is 1. The molecule has 1 fully saturated rings. The highest BCUT2D eigenvalue weighted by Gasteiger charge is 2.28. The van der Waals surface area contributed by atoms with Crippen LogP contribution in [-0.2, 0) is 14.3 Å². The Balaban J connectivity index is 2.45. The van der Waals surface area contributed by atoms with Crippen molar-refractivity contribution in [1.82, 2.24) is 10.2 Å². The number of rotatable bonds is 6. The molecule has 6 heteroatoms. The first-order chi connectivity index (χ1) is 8.15. The summed E-state index contributed by atoms with van der Waals surface area (Å²) in [6.45, 7) is 4.36. The van der Waals surface area contributed by atoms with E-state index in [1.54, 1.807) is 4.90 Å². The van der Waals surface area contributed by atoms with Crippen LogP contribution in [0.2, 0.25) is 0 Å². The summed E-state index contributed by atoms with van der Waals surface area (Å²) in [5.74, 6) is -0.951. The number of carboxylic acids is 1. The first-order valence-electron chi connectivity index (χ1n) is 5.95. The van der Waals surface area contributed by atoms with E-state index in [9.17, 15) is 9.59 Å². The number of ether oxygens (including phenoxy) is 1. The van der Waals surface area contributed by atoms with Crippen LogP contribution < -0.4 is 5.32 Å². The minimum absolute atomic E-state index is 0.0481. The molecule has 1 unspecified atom stereocenters. The van der Waals surface area contributed by atoms with Crippen LogP contribution in [0.25, 0.3) is 0 Å². The highest BCUT2D eigenvalue weighted by molar-refractivity contribution is 5.79. The van der Waals surface area contributed by atoms with Crippen LogP contribution in [0.3, 0.4) is 0 Å². The molecule has 0 spiro atoms. The van der Waals surface area contributed by atoms with Crippen LogP contribution in [0.15, 0.2) is 0 Å². The van der Waals surface area contributed by atoms with Crippen molar-refractivity contribution in [3.63, 3.8) is 0 Å². The molecule has 1 heterocycles. The molecule has 0 aliphatic carbocycles. The van der Waals surface area contributed by atoms with Gasteiger partial charge in [-0.1, -0.05) is 6.92 Å². The average molecular weight is 244 g/mol. The number of hydrogen-bond donors (Lipinski definition) is 2. The van der Waals surface area contributed by atoms with Gasteiger partial charge in [-0.25, -0.2) is 0 Å². The fourth-order valence-corrected chi connectivity index (χ4v) is 1.83. The lowest BCUT2D eigenvalue weighted by Gasteiger charge is -2.34. The zero-order valence-electron chi connectivity index (χ0n) is 10.1. The Kier molecular flexibility index (Phi) is 5.93. The molecule has 6 nitrogen and oxygen atoms in total. The number of amides is 1. The number of aliphatic carboxylic acids is 1. The van der Waals surface area contributed by atoms with Crippen molar-refractivity contribution in [1.29, 1.82) is 0 Å². The van der Waals surface area contributed by atoms with Gasteiger partial charge in [-0.2, -0.15) is 0 Å². The third-order valence-corrected chi connectivity index (χ3v) is 2.66. The summed E-state index contributed by atoms with van der Waals surface area (Å²) in [6.07, 6.45) is 0.911. The van der Waals surface area contributed by atoms with E-state index in [2.05, 4.69) is 5.32 Å². The Morgan fingerprint density at radius 2 is 2.29 bits per heavy atom. The first-order valence-corrected chi connectivity index (χ1v) is 5.95. The standard InChI is InChI=1S/C11H20N2O4/c1-2-3-12-7-10(14)13-4-5-17-8-9(13)6-11(15)16/h9,12H,2-8H2,1H3,(H,15,16). The number of nitrogens with zero attached hydrogens (tertiary/aromatic N) is 1. The van der Waals surface area contributed by atoms with Crippen molar-refractivity contribution in [2.75, 3.05) is 32.8 Å². The summed E-state index contributed by atoms with van der Waals surface area (Å²) in [4.78, 5) is 24.2. The van der Waals surface area contributed by atoms with Crippen LogP contribution in [0.4, 0.5) is 0 Å². The summed E-state index contributed by atoms with van der Waals surface area (Å²) in [7, 11) is 0. The van der Waals surface area contributed by atoms with Crippen molar-refractivity contribution < 1.29 is 19.4 Å². The van der Waals surface area contributed by atoms with Gasteiger partial charge in [-0.05, 0) is 13.0 Å². The molecule has 0 radical (unpaired) electrons. The second-order valence-electron chi connectivity index (χ2n) is 4.09. The molecule has 0 aromatic carbocycles. The lowest BCUT2D eigenvalue weighted by atomic mass is 10.1. The molecule has 0 aromatic rings. The summed E-state index contributed by atoms with van der Waals surface area (Å²) in [6, 6.07) is -0.336. The number of carbonyl (C=O) groups excluding carboxylic acids is 1. The maximum atomic E-state index is 11.9. The van der Waals surface area contributed by atoms with Gasteiger partial charge in [0.15, 0.2) is 0 Å². The lowest BCUT2D eigenvalue weighted by Crippen LogP contribution is -2.52. The number of hydrogen-bond acceptors (Lipinski definition) is 4. The Morgan fingerprint density at radius 1 is 1.53 bits per heavy atom. The second-order valence-corrected chi connectivity index (χ2v) is 4.09. The van der Waals surface area contributed by atoms with Gasteiger partial charge in [0.2, 0.25) is 5.91 Å². The topological polar surface area (TPSA) is 78.9 Å². The van der Waals surface area contributed by atoms with E-state index in [4.69, 9.17) is 9.84 Å². The van der Waals surface area contributed by atoms with Crippen LogP contribution in [0.5, 0.6) is 0 Å². The van der Waals surface area contributed by atoms with E-state index < -0.39 is 5.97 Å². The van der Waals surface area contributed by atoms with Gasteiger partial charge in [-0.15, -0.1) is 0 Å². The fraction of sp³-hybridized carbons (Fsp3) is 0.818. The average Bonchev–Trinajstić information content (AvgIpc) is 2.29. The van der Waals surface area contributed by atoms with Crippen molar-refractivity contribution in [2.24, 2.45) is 0 Å². The van der Waals surface area contributed by atoms with Crippen LogP contribution in [0, 0.1) is 0 Å². The van der Waals surface area contributed by atoms with Gasteiger partial charge < -0.3 is 20.1 Å². The molecule has 98 valence electrons. The van der Waals surface area contributed by atoms with Crippen molar-refractivity contribution in [3.8, 4) is 0 Å². The Labute approximate surface area is 101 Å². The molecule has 2 N–H and O–H groups in total. The summed E-state index contributed by atoms with van der Waals surface area (Å²) in [5, 5.41) is 11.8. The number of carboxylic acid groups (broad SMARTS) is 1. The minimum Gasteiger partial charge on any atom is -0.481 e. The predicted octanol–water partition coefficient (Wildman–Crippen LogP) is -0.312. The molecular formula is C11H20N2O4. The van der Waals surface area contributed by atoms with Crippen molar-refractivity contribution in [3.05, 3.63) is 0 Å². The zero-order chi connectivity index (χ0) is 12.7. The SMILES string of the molecule is CCCNCC(=O)N1CCOCC1CC(=O)O. The Morgan fingerprint density at radius 3 is 2.94 bits per heavy atom. The molecule has 1 saturated heterocycles. The third-order valence-electron chi connectivity index (χ3n) is 2.66. The molecule has 1 rings (SSSR count). The van der Waals surface area contributed by atoms with E-state index in [0.29, 0.717) is 19.8 Å². The van der Waals surface area contributed by atoms with E-state index in [1.807, 2.05) is 6.92 Å². The van der Waals surface area contributed by atoms with Gasteiger partial charge in [0, 0.05) is 6.54 Å². The smallest absolute Gasteiger partial charge is 0.305 e. The molecule has 1 atom stereocenters. The molecule has 0 saturated carbocycles. The monoisotopic (exact) mass is 244 g/mol. The normalized spacial score (nSPS) is 20.3. The quantitative estimate of drug-likeness (QED) is 0.626. The van der Waals surface area contributed by atoms with E-state index in [-0.39, 0.29) is 24.9 Å². The van der Waals surface area contributed by atoms with Gasteiger partial charge in [0.25, 0.3) is 0 Å². The molecule has 1 aliphatic rings. The van der Waals surface area contributed by atoms with Gasteiger partial charge in [-0.3, -0.25) is 9.59 Å². The summed E-state index contributed by atoms with van der Waals surface area (Å²) >= 11 is 0. The fourth-order valence-electron chi connectivity index (χ4n) is 1.83.